The van der Waals surface area contributed by atoms with Gasteiger partial charge in [0, 0.05) is 29.1 Å². The van der Waals surface area contributed by atoms with Gasteiger partial charge in [-0.1, -0.05) is 32.0 Å². The molecule has 0 bridgehead atoms. The molecule has 1 aliphatic carbocycles. The number of rotatable bonds is 10. The average molecular weight is 500 g/mol. The maximum absolute atomic E-state index is 13.9. The van der Waals surface area contributed by atoms with Crippen molar-refractivity contribution in [2.24, 2.45) is 11.8 Å². The van der Waals surface area contributed by atoms with Gasteiger partial charge in [-0.05, 0) is 45.6 Å². The summed E-state index contributed by atoms with van der Waals surface area (Å²) in [7, 11) is 1.28. The predicted octanol–water partition coefficient (Wildman–Crippen LogP) is 4.06. The molecule has 1 N–H and O–H groups in total. The Bertz CT molecular complexity index is 1060. The fraction of sp³-hybridized carbons (Fsp3) is 0.536. The molecule has 1 heterocycles. The van der Waals surface area contributed by atoms with Crippen LogP contribution in [0, 0.1) is 11.8 Å². The van der Waals surface area contributed by atoms with Crippen molar-refractivity contribution in [3.8, 4) is 5.75 Å². The van der Waals surface area contributed by atoms with Crippen molar-refractivity contribution < 1.29 is 33.3 Å². The summed E-state index contributed by atoms with van der Waals surface area (Å²) in [5, 5.41) is 3.27. The lowest BCUT2D eigenvalue weighted by Gasteiger charge is -2.38. The number of allylic oxidation sites excluding steroid dienone is 3. The summed E-state index contributed by atoms with van der Waals surface area (Å²) >= 11 is 0. The number of ether oxygens (including phenoxy) is 4. The van der Waals surface area contributed by atoms with Crippen molar-refractivity contribution in [2.75, 3.05) is 26.9 Å². The molecule has 1 aromatic carbocycles. The zero-order chi connectivity index (χ0) is 26.4. The Labute approximate surface area is 213 Å². The third-order valence-corrected chi connectivity index (χ3v) is 6.36. The predicted molar refractivity (Wildman–Crippen MR) is 134 cm³/mol. The Morgan fingerprint density at radius 1 is 1.14 bits per heavy atom. The van der Waals surface area contributed by atoms with Gasteiger partial charge in [-0.3, -0.25) is 9.59 Å². The highest BCUT2D eigenvalue weighted by molar-refractivity contribution is 6.12. The Kier molecular flexibility index (Phi) is 9.31. The number of Topliss-reactive ketones (excluding diaryl/α,β-unsaturated/α-hetero) is 1. The highest BCUT2D eigenvalue weighted by Crippen LogP contribution is 2.47. The monoisotopic (exact) mass is 499 g/mol. The van der Waals surface area contributed by atoms with Gasteiger partial charge in [0.15, 0.2) is 5.78 Å². The smallest absolute Gasteiger partial charge is 0.336 e. The minimum Gasteiger partial charge on any atom is -0.491 e. The van der Waals surface area contributed by atoms with Gasteiger partial charge in [0.1, 0.15) is 18.3 Å². The van der Waals surface area contributed by atoms with E-state index in [2.05, 4.69) is 5.32 Å². The van der Waals surface area contributed by atoms with Crippen LogP contribution in [-0.2, 0) is 28.6 Å². The summed E-state index contributed by atoms with van der Waals surface area (Å²) in [5.74, 6) is -2.86. The van der Waals surface area contributed by atoms with Crippen molar-refractivity contribution in [3.63, 3.8) is 0 Å². The summed E-state index contributed by atoms with van der Waals surface area (Å²) < 4.78 is 22.1. The lowest BCUT2D eigenvalue weighted by atomic mass is 9.69. The van der Waals surface area contributed by atoms with E-state index in [1.54, 1.807) is 6.92 Å². The van der Waals surface area contributed by atoms with E-state index in [1.165, 1.54) is 7.11 Å². The topological polar surface area (TPSA) is 100 Å². The van der Waals surface area contributed by atoms with Crippen LogP contribution in [0.15, 0.2) is 46.8 Å². The highest BCUT2D eigenvalue weighted by Gasteiger charge is 2.47. The van der Waals surface area contributed by atoms with E-state index in [1.807, 2.05) is 52.0 Å². The number of dihydropyridines is 1. The van der Waals surface area contributed by atoms with Crippen LogP contribution >= 0.6 is 0 Å². The van der Waals surface area contributed by atoms with Gasteiger partial charge in [0.2, 0.25) is 0 Å². The summed E-state index contributed by atoms with van der Waals surface area (Å²) in [6.07, 6.45) is 1.22. The molecule has 0 saturated carbocycles. The minimum absolute atomic E-state index is 0.0914. The molecule has 0 saturated heterocycles. The van der Waals surface area contributed by atoms with Crippen LogP contribution in [0.2, 0.25) is 0 Å². The fourth-order valence-electron chi connectivity index (χ4n) is 4.86. The van der Waals surface area contributed by atoms with Gasteiger partial charge in [-0.25, -0.2) is 4.79 Å². The lowest BCUT2D eigenvalue weighted by Crippen LogP contribution is -2.43. The Hall–Kier alpha value is -3.13. The third-order valence-electron chi connectivity index (χ3n) is 6.36. The maximum Gasteiger partial charge on any atom is 0.336 e. The number of methoxy groups -OCH3 is 1. The van der Waals surface area contributed by atoms with E-state index in [0.29, 0.717) is 46.9 Å². The number of hydrogen-bond acceptors (Lipinski definition) is 8. The first-order valence-corrected chi connectivity index (χ1v) is 12.5. The van der Waals surface area contributed by atoms with Crippen molar-refractivity contribution in [1.82, 2.24) is 5.32 Å². The first-order chi connectivity index (χ1) is 17.2. The molecule has 1 aromatic rings. The number of carbonyl (C=O) groups excluding carboxylic acids is 3. The summed E-state index contributed by atoms with van der Waals surface area (Å²) in [6.45, 7) is 10.4. The molecule has 36 heavy (non-hydrogen) atoms. The van der Waals surface area contributed by atoms with Crippen LogP contribution < -0.4 is 10.1 Å². The molecule has 0 radical (unpaired) electrons. The average Bonchev–Trinajstić information content (AvgIpc) is 2.82. The van der Waals surface area contributed by atoms with Crippen molar-refractivity contribution in [1.29, 1.82) is 0 Å². The molecule has 8 nitrogen and oxygen atoms in total. The molecular weight excluding hydrogens is 462 g/mol. The third kappa shape index (κ3) is 5.81. The number of esters is 2. The second-order valence-electron chi connectivity index (χ2n) is 9.49. The molecule has 3 rings (SSSR count). The summed E-state index contributed by atoms with van der Waals surface area (Å²) in [5.41, 5.74) is 2.67. The van der Waals surface area contributed by atoms with Crippen LogP contribution in [0.1, 0.15) is 58.9 Å². The van der Waals surface area contributed by atoms with Gasteiger partial charge in [-0.2, -0.15) is 0 Å². The maximum atomic E-state index is 13.9. The van der Waals surface area contributed by atoms with Crippen molar-refractivity contribution >= 4 is 17.7 Å². The lowest BCUT2D eigenvalue weighted by molar-refractivity contribution is -0.151. The standard InChI is InChI=1S/C28H37NO7/c1-7-12-34-13-14-35-28(32)23-18(5)29-20-15-17(4)22(27(31)33-6)26(30)25(20)24(23)19-10-8-9-11-21(19)36-16(2)3/h8-11,16-17,22,24,29H,7,12-15H2,1-6H3/t17-,22+,24-/m1/s1. The van der Waals surface area contributed by atoms with Crippen LogP contribution in [0.25, 0.3) is 0 Å². The molecular formula is C28H37NO7. The van der Waals surface area contributed by atoms with E-state index in [0.717, 1.165) is 6.42 Å². The molecule has 0 amide bonds. The quantitative estimate of drug-likeness (QED) is 0.292. The second-order valence-corrected chi connectivity index (χ2v) is 9.49. The Morgan fingerprint density at radius 2 is 1.86 bits per heavy atom. The number of para-hydroxylation sites is 1. The molecule has 3 atom stereocenters. The van der Waals surface area contributed by atoms with Gasteiger partial charge in [0.25, 0.3) is 0 Å². The minimum atomic E-state index is -0.950. The zero-order valence-electron chi connectivity index (χ0n) is 22.0. The van der Waals surface area contributed by atoms with E-state index >= 15 is 0 Å². The number of nitrogens with one attached hydrogen (secondary N) is 1. The van der Waals surface area contributed by atoms with E-state index in [4.69, 9.17) is 18.9 Å². The van der Waals surface area contributed by atoms with E-state index in [9.17, 15) is 14.4 Å². The normalized spacial score (nSPS) is 21.8. The number of carbonyl (C=O) groups is 3. The molecule has 0 unspecified atom stereocenters. The fourth-order valence-corrected chi connectivity index (χ4v) is 4.86. The zero-order valence-corrected chi connectivity index (χ0v) is 22.0. The van der Waals surface area contributed by atoms with Gasteiger partial charge < -0.3 is 24.3 Å². The molecule has 0 spiro atoms. The first-order valence-electron chi connectivity index (χ1n) is 12.5. The molecule has 8 heteroatoms. The molecule has 0 aromatic heterocycles. The highest BCUT2D eigenvalue weighted by atomic mass is 16.6. The van der Waals surface area contributed by atoms with E-state index in [-0.39, 0.29) is 31.0 Å². The first kappa shape index (κ1) is 27.5. The Balaban J connectivity index is 2.10. The SMILES string of the molecule is CCCOCCOC(=O)C1=C(C)NC2=C(C(=O)[C@@H](C(=O)OC)[C@H](C)C2)[C@@H]1c1ccccc1OC(C)C. The largest absolute Gasteiger partial charge is 0.491 e. The number of ketones is 1. The second kappa shape index (κ2) is 12.2. The van der Waals surface area contributed by atoms with Crippen LogP contribution in [0.4, 0.5) is 0 Å². The summed E-state index contributed by atoms with van der Waals surface area (Å²) in [6, 6.07) is 7.36. The number of benzene rings is 1. The summed E-state index contributed by atoms with van der Waals surface area (Å²) in [4.78, 5) is 39.9. The van der Waals surface area contributed by atoms with Crippen molar-refractivity contribution in [2.45, 2.75) is 59.5 Å². The molecule has 0 fully saturated rings. The molecule has 196 valence electrons. The van der Waals surface area contributed by atoms with Gasteiger partial charge in [-0.15, -0.1) is 0 Å². The van der Waals surface area contributed by atoms with E-state index < -0.39 is 23.8 Å². The molecule has 1 aliphatic heterocycles. The van der Waals surface area contributed by atoms with Gasteiger partial charge in [0.05, 0.1) is 31.3 Å². The van der Waals surface area contributed by atoms with Crippen LogP contribution in [0.5, 0.6) is 5.75 Å². The van der Waals surface area contributed by atoms with Crippen LogP contribution in [0.3, 0.4) is 0 Å². The Morgan fingerprint density at radius 3 is 2.53 bits per heavy atom. The molecule has 2 aliphatic rings. The van der Waals surface area contributed by atoms with Gasteiger partial charge >= 0.3 is 11.9 Å². The van der Waals surface area contributed by atoms with Crippen LogP contribution in [-0.4, -0.2) is 50.8 Å². The van der Waals surface area contributed by atoms with Crippen molar-refractivity contribution in [3.05, 3.63) is 52.4 Å². The number of hydrogen-bond donors (Lipinski definition) is 1.